The molecule has 2 aromatic rings. The summed E-state index contributed by atoms with van der Waals surface area (Å²) < 4.78 is 28.2. The number of aryl methyl sites for hydroxylation is 1. The smallest absolute Gasteiger partial charge is 0.243 e. The standard InChI is InChI=1S/C25H30ClN3O4S/c1-17-4-12-22(13-5-17)34(32,33)29-14-2-3-23(29)25(31)28(16-18-6-9-20(26)10-7-18)21-11-8-19(15-21)24(27)30/h4-7,9-10,12-13,19,21,23H,2-3,8,11,14-16H2,1H3,(H2,27,30)/t19?,21?,23-/m0/s1. The highest BCUT2D eigenvalue weighted by Crippen LogP contribution is 2.34. The lowest BCUT2D eigenvalue weighted by molar-refractivity contribution is -0.138. The summed E-state index contributed by atoms with van der Waals surface area (Å²) in [4.78, 5) is 27.6. The number of primary amides is 1. The molecule has 2 N–H and O–H groups in total. The molecule has 0 spiro atoms. The van der Waals surface area contributed by atoms with Crippen LogP contribution < -0.4 is 5.73 Å². The van der Waals surface area contributed by atoms with Crippen molar-refractivity contribution >= 4 is 33.4 Å². The number of nitrogens with two attached hydrogens (primary N) is 1. The average Bonchev–Trinajstić information content (AvgIpc) is 3.49. The Bertz CT molecular complexity index is 1150. The number of carbonyl (C=O) groups excluding carboxylic acids is 2. The molecule has 7 nitrogen and oxygen atoms in total. The fourth-order valence-corrected chi connectivity index (χ4v) is 6.76. The number of halogens is 1. The average molecular weight is 504 g/mol. The fraction of sp³-hybridized carbons (Fsp3) is 0.440. The number of amides is 2. The van der Waals surface area contributed by atoms with Gasteiger partial charge in [-0.3, -0.25) is 9.59 Å². The van der Waals surface area contributed by atoms with Crippen LogP contribution in [0.15, 0.2) is 53.4 Å². The molecule has 9 heteroatoms. The van der Waals surface area contributed by atoms with Gasteiger partial charge in [0.25, 0.3) is 0 Å². The van der Waals surface area contributed by atoms with Crippen LogP contribution in [-0.4, -0.2) is 48.1 Å². The largest absolute Gasteiger partial charge is 0.369 e. The van der Waals surface area contributed by atoms with Crippen LogP contribution in [0.5, 0.6) is 0 Å². The van der Waals surface area contributed by atoms with Gasteiger partial charge >= 0.3 is 0 Å². The molecule has 1 aliphatic heterocycles. The number of carbonyl (C=O) groups is 2. The van der Waals surface area contributed by atoms with E-state index in [4.69, 9.17) is 17.3 Å². The van der Waals surface area contributed by atoms with Crippen molar-refractivity contribution < 1.29 is 18.0 Å². The van der Waals surface area contributed by atoms with Gasteiger partial charge in [-0.1, -0.05) is 41.4 Å². The van der Waals surface area contributed by atoms with Gasteiger partial charge in [0.1, 0.15) is 6.04 Å². The Hall–Kier alpha value is -2.42. The lowest BCUT2D eigenvalue weighted by Gasteiger charge is -2.34. The van der Waals surface area contributed by atoms with E-state index in [-0.39, 0.29) is 28.7 Å². The summed E-state index contributed by atoms with van der Waals surface area (Å²) in [6.07, 6.45) is 2.86. The predicted octanol–water partition coefficient (Wildman–Crippen LogP) is 3.48. The van der Waals surface area contributed by atoms with Gasteiger partial charge in [-0.2, -0.15) is 4.31 Å². The SMILES string of the molecule is Cc1ccc(S(=O)(=O)N2CCC[C@H]2C(=O)N(Cc2ccc(Cl)cc2)C2CCC(C(N)=O)C2)cc1. The first-order valence-corrected chi connectivity index (χ1v) is 13.4. The van der Waals surface area contributed by atoms with Crippen LogP contribution in [0, 0.1) is 12.8 Å². The van der Waals surface area contributed by atoms with E-state index < -0.39 is 16.1 Å². The van der Waals surface area contributed by atoms with Gasteiger partial charge in [-0.15, -0.1) is 0 Å². The van der Waals surface area contributed by atoms with Crippen LogP contribution in [-0.2, 0) is 26.2 Å². The predicted molar refractivity (Wildman–Crippen MR) is 130 cm³/mol. The third-order valence-electron chi connectivity index (χ3n) is 6.91. The van der Waals surface area contributed by atoms with Crippen molar-refractivity contribution in [2.75, 3.05) is 6.54 Å². The third-order valence-corrected chi connectivity index (χ3v) is 9.09. The van der Waals surface area contributed by atoms with Gasteiger partial charge in [-0.05, 0) is 68.9 Å². The topological polar surface area (TPSA) is 101 Å². The minimum absolute atomic E-state index is 0.176. The van der Waals surface area contributed by atoms with E-state index in [2.05, 4.69) is 0 Å². The molecule has 34 heavy (non-hydrogen) atoms. The molecule has 1 aliphatic carbocycles. The number of rotatable bonds is 7. The first kappa shape index (κ1) is 24.7. The monoisotopic (exact) mass is 503 g/mol. The maximum Gasteiger partial charge on any atom is 0.243 e. The summed E-state index contributed by atoms with van der Waals surface area (Å²) in [6.45, 7) is 2.52. The second kappa shape index (κ2) is 10.1. The molecule has 2 amide bonds. The Morgan fingerprint density at radius 3 is 2.35 bits per heavy atom. The van der Waals surface area contributed by atoms with Crippen LogP contribution in [0.1, 0.15) is 43.2 Å². The molecule has 1 saturated carbocycles. The fourth-order valence-electron chi connectivity index (χ4n) is 4.98. The Kier molecular flexibility index (Phi) is 7.31. The second-order valence-electron chi connectivity index (χ2n) is 9.25. The van der Waals surface area contributed by atoms with Crippen molar-refractivity contribution in [2.45, 2.75) is 62.6 Å². The van der Waals surface area contributed by atoms with Crippen LogP contribution in [0.25, 0.3) is 0 Å². The second-order valence-corrected chi connectivity index (χ2v) is 11.6. The van der Waals surface area contributed by atoms with E-state index in [0.717, 1.165) is 11.1 Å². The van der Waals surface area contributed by atoms with Gasteiger partial charge in [0.05, 0.1) is 4.90 Å². The normalized spacial score (nSPS) is 23.2. The van der Waals surface area contributed by atoms with Crippen molar-refractivity contribution in [1.29, 1.82) is 0 Å². The number of sulfonamides is 1. The number of hydrogen-bond acceptors (Lipinski definition) is 4. The zero-order valence-electron chi connectivity index (χ0n) is 19.2. The Labute approximate surface area is 205 Å². The summed E-state index contributed by atoms with van der Waals surface area (Å²) in [5.41, 5.74) is 7.40. The summed E-state index contributed by atoms with van der Waals surface area (Å²) in [7, 11) is -3.82. The highest BCUT2D eigenvalue weighted by molar-refractivity contribution is 7.89. The maximum absolute atomic E-state index is 13.9. The summed E-state index contributed by atoms with van der Waals surface area (Å²) >= 11 is 6.03. The van der Waals surface area contributed by atoms with Crippen molar-refractivity contribution in [2.24, 2.45) is 11.7 Å². The minimum atomic E-state index is -3.82. The quantitative estimate of drug-likeness (QED) is 0.625. The van der Waals surface area contributed by atoms with Crippen molar-refractivity contribution in [3.8, 4) is 0 Å². The van der Waals surface area contributed by atoms with Crippen LogP contribution >= 0.6 is 11.6 Å². The third kappa shape index (κ3) is 5.14. The zero-order valence-corrected chi connectivity index (χ0v) is 20.8. The number of benzene rings is 2. The van der Waals surface area contributed by atoms with Crippen LogP contribution in [0.4, 0.5) is 0 Å². The minimum Gasteiger partial charge on any atom is -0.369 e. The molecular weight excluding hydrogens is 474 g/mol. The van der Waals surface area contributed by atoms with Crippen LogP contribution in [0.3, 0.4) is 0 Å². The Balaban J connectivity index is 1.62. The van der Waals surface area contributed by atoms with Gasteiger partial charge in [0.2, 0.25) is 21.8 Å². The van der Waals surface area contributed by atoms with Crippen molar-refractivity contribution in [1.82, 2.24) is 9.21 Å². The van der Waals surface area contributed by atoms with Crippen LogP contribution in [0.2, 0.25) is 5.02 Å². The first-order chi connectivity index (χ1) is 16.2. The maximum atomic E-state index is 13.9. The lowest BCUT2D eigenvalue weighted by atomic mass is 10.1. The Morgan fingerprint density at radius 1 is 1.06 bits per heavy atom. The lowest BCUT2D eigenvalue weighted by Crippen LogP contribution is -2.50. The zero-order chi connectivity index (χ0) is 24.5. The first-order valence-electron chi connectivity index (χ1n) is 11.6. The molecule has 0 aromatic heterocycles. The molecule has 4 rings (SSSR count). The molecule has 3 atom stereocenters. The van der Waals surface area contributed by atoms with E-state index in [1.54, 1.807) is 41.3 Å². The van der Waals surface area contributed by atoms with E-state index in [0.29, 0.717) is 50.2 Å². The van der Waals surface area contributed by atoms with Gasteiger partial charge in [-0.25, -0.2) is 8.42 Å². The van der Waals surface area contributed by atoms with Crippen molar-refractivity contribution in [3.05, 3.63) is 64.7 Å². The summed E-state index contributed by atoms with van der Waals surface area (Å²) in [5, 5.41) is 0.599. The Morgan fingerprint density at radius 2 is 1.74 bits per heavy atom. The number of nitrogens with zero attached hydrogens (tertiary/aromatic N) is 2. The molecule has 2 aliphatic rings. The van der Waals surface area contributed by atoms with Gasteiger partial charge < -0.3 is 10.6 Å². The molecule has 0 bridgehead atoms. The molecule has 1 saturated heterocycles. The molecule has 2 fully saturated rings. The highest BCUT2D eigenvalue weighted by Gasteiger charge is 2.44. The molecule has 2 unspecified atom stereocenters. The summed E-state index contributed by atoms with van der Waals surface area (Å²) in [6, 6.07) is 13.0. The highest BCUT2D eigenvalue weighted by atomic mass is 35.5. The molecule has 182 valence electrons. The van der Waals surface area contributed by atoms with E-state index in [1.807, 2.05) is 19.1 Å². The molecule has 2 aromatic carbocycles. The van der Waals surface area contributed by atoms with Gasteiger partial charge in [0.15, 0.2) is 0 Å². The molecular formula is C25H30ClN3O4S. The molecule has 1 heterocycles. The van der Waals surface area contributed by atoms with Gasteiger partial charge in [0, 0.05) is 30.1 Å². The van der Waals surface area contributed by atoms with E-state index in [1.165, 1.54) is 4.31 Å². The molecule has 0 radical (unpaired) electrons. The van der Waals surface area contributed by atoms with E-state index >= 15 is 0 Å². The number of hydrogen-bond donors (Lipinski definition) is 1. The van der Waals surface area contributed by atoms with Crippen molar-refractivity contribution in [3.63, 3.8) is 0 Å². The summed E-state index contributed by atoms with van der Waals surface area (Å²) in [5.74, 6) is -0.856. The van der Waals surface area contributed by atoms with E-state index in [9.17, 15) is 18.0 Å².